The highest BCUT2D eigenvalue weighted by atomic mass is 16.5. The number of likely N-dealkylation sites (N-methyl/N-ethyl adjacent to an activating group) is 1. The fourth-order valence-electron chi connectivity index (χ4n) is 2.75. The molecule has 0 amide bonds. The van der Waals surface area contributed by atoms with Crippen LogP contribution >= 0.6 is 0 Å². The minimum Gasteiger partial charge on any atom is -0.497 e. The lowest BCUT2D eigenvalue weighted by Crippen LogP contribution is -2.51. The Hall–Kier alpha value is -1.06. The van der Waals surface area contributed by atoms with Crippen LogP contribution < -0.4 is 10.5 Å². The summed E-state index contributed by atoms with van der Waals surface area (Å²) >= 11 is 0. The lowest BCUT2D eigenvalue weighted by Gasteiger charge is -2.43. The largest absolute Gasteiger partial charge is 0.497 e. The highest BCUT2D eigenvalue weighted by Gasteiger charge is 2.36. The van der Waals surface area contributed by atoms with E-state index in [0.29, 0.717) is 0 Å². The summed E-state index contributed by atoms with van der Waals surface area (Å²) in [6.07, 6.45) is 2.05. The molecule has 0 aromatic heterocycles. The number of nitrogens with two attached hydrogens (primary N) is 1. The average Bonchev–Trinajstić information content (AvgIpc) is 2.40. The van der Waals surface area contributed by atoms with Crippen LogP contribution in [0, 0.1) is 0 Å². The van der Waals surface area contributed by atoms with Gasteiger partial charge in [0.2, 0.25) is 0 Å². The van der Waals surface area contributed by atoms with Gasteiger partial charge in [-0.3, -0.25) is 0 Å². The van der Waals surface area contributed by atoms with E-state index in [1.54, 1.807) is 7.11 Å². The van der Waals surface area contributed by atoms with E-state index in [0.717, 1.165) is 24.2 Å². The molecule has 0 heterocycles. The predicted molar refractivity (Wildman–Crippen MR) is 76.9 cm³/mol. The number of hydrogen-bond acceptors (Lipinski definition) is 3. The summed E-state index contributed by atoms with van der Waals surface area (Å²) in [7, 11) is 5.89. The molecule has 0 aliphatic carbocycles. The molecule has 18 heavy (non-hydrogen) atoms. The van der Waals surface area contributed by atoms with Crippen LogP contribution in [-0.2, 0) is 0 Å². The Labute approximate surface area is 111 Å². The standard InChI is InChI=1S/C15H26N2O/c1-6-15(7-2,17(3)4)14(16)12-9-8-10-13(11-12)18-5/h8-11,14H,6-7,16H2,1-5H3. The second kappa shape index (κ2) is 6.21. The number of rotatable bonds is 6. The molecule has 3 nitrogen and oxygen atoms in total. The van der Waals surface area contributed by atoms with Gasteiger partial charge in [0.25, 0.3) is 0 Å². The van der Waals surface area contributed by atoms with Crippen molar-refractivity contribution in [1.29, 1.82) is 0 Å². The maximum absolute atomic E-state index is 6.52. The topological polar surface area (TPSA) is 38.5 Å². The van der Waals surface area contributed by atoms with E-state index in [-0.39, 0.29) is 11.6 Å². The molecule has 0 bridgehead atoms. The monoisotopic (exact) mass is 250 g/mol. The third kappa shape index (κ3) is 2.68. The van der Waals surface area contributed by atoms with Gasteiger partial charge in [-0.2, -0.15) is 0 Å². The van der Waals surface area contributed by atoms with Gasteiger partial charge in [0.1, 0.15) is 5.75 Å². The minimum atomic E-state index is -0.0161. The van der Waals surface area contributed by atoms with Gasteiger partial charge in [0.15, 0.2) is 0 Å². The molecule has 0 radical (unpaired) electrons. The fourth-order valence-corrected chi connectivity index (χ4v) is 2.75. The maximum atomic E-state index is 6.52. The first-order valence-electron chi connectivity index (χ1n) is 6.58. The minimum absolute atomic E-state index is 0.00757. The Morgan fingerprint density at radius 2 is 1.89 bits per heavy atom. The van der Waals surface area contributed by atoms with E-state index in [1.165, 1.54) is 0 Å². The summed E-state index contributed by atoms with van der Waals surface area (Å²) in [6.45, 7) is 4.40. The number of nitrogens with zero attached hydrogens (tertiary/aromatic N) is 1. The van der Waals surface area contributed by atoms with Gasteiger partial charge < -0.3 is 15.4 Å². The third-order valence-electron chi connectivity index (χ3n) is 4.15. The zero-order valence-electron chi connectivity index (χ0n) is 12.2. The van der Waals surface area contributed by atoms with Crippen molar-refractivity contribution in [3.8, 4) is 5.75 Å². The summed E-state index contributed by atoms with van der Waals surface area (Å²) in [5, 5.41) is 0. The molecular formula is C15H26N2O. The molecule has 1 unspecified atom stereocenters. The number of ether oxygens (including phenoxy) is 1. The number of benzene rings is 1. The molecule has 1 rings (SSSR count). The SMILES string of the molecule is CCC(CC)(C(N)c1cccc(OC)c1)N(C)C. The second-order valence-electron chi connectivity index (χ2n) is 4.96. The molecule has 102 valence electrons. The number of methoxy groups -OCH3 is 1. The van der Waals surface area contributed by atoms with E-state index < -0.39 is 0 Å². The predicted octanol–water partition coefficient (Wildman–Crippen LogP) is 2.82. The molecule has 0 spiro atoms. The lowest BCUT2D eigenvalue weighted by molar-refractivity contribution is 0.106. The Kier molecular flexibility index (Phi) is 5.17. The van der Waals surface area contributed by atoms with Crippen LogP contribution in [0.1, 0.15) is 38.3 Å². The summed E-state index contributed by atoms with van der Waals surface area (Å²) in [5.74, 6) is 0.864. The first-order valence-corrected chi connectivity index (χ1v) is 6.58. The lowest BCUT2D eigenvalue weighted by atomic mass is 9.80. The van der Waals surface area contributed by atoms with E-state index in [9.17, 15) is 0 Å². The van der Waals surface area contributed by atoms with Crippen molar-refractivity contribution in [3.63, 3.8) is 0 Å². The average molecular weight is 250 g/mol. The van der Waals surface area contributed by atoms with Crippen molar-refractivity contribution in [3.05, 3.63) is 29.8 Å². The molecule has 0 fully saturated rings. The Balaban J connectivity index is 3.12. The smallest absolute Gasteiger partial charge is 0.119 e. The van der Waals surface area contributed by atoms with Crippen molar-refractivity contribution in [1.82, 2.24) is 4.90 Å². The summed E-state index contributed by atoms with van der Waals surface area (Å²) in [4.78, 5) is 2.25. The summed E-state index contributed by atoms with van der Waals surface area (Å²) < 4.78 is 5.28. The molecule has 1 aromatic rings. The first-order chi connectivity index (χ1) is 8.51. The van der Waals surface area contributed by atoms with Gasteiger partial charge in [-0.15, -0.1) is 0 Å². The molecule has 1 atom stereocenters. The van der Waals surface area contributed by atoms with Gasteiger partial charge in [0, 0.05) is 11.6 Å². The van der Waals surface area contributed by atoms with Gasteiger partial charge in [-0.25, -0.2) is 0 Å². The van der Waals surface area contributed by atoms with E-state index in [1.807, 2.05) is 18.2 Å². The van der Waals surface area contributed by atoms with Crippen molar-refractivity contribution < 1.29 is 4.74 Å². The van der Waals surface area contributed by atoms with Crippen LogP contribution in [0.5, 0.6) is 5.75 Å². The van der Waals surface area contributed by atoms with E-state index >= 15 is 0 Å². The van der Waals surface area contributed by atoms with Crippen molar-refractivity contribution in [2.24, 2.45) is 5.73 Å². The normalized spacial score (nSPS) is 13.7. The zero-order valence-corrected chi connectivity index (χ0v) is 12.2. The molecule has 0 aliphatic heterocycles. The van der Waals surface area contributed by atoms with Crippen molar-refractivity contribution >= 4 is 0 Å². The van der Waals surface area contributed by atoms with Crippen LogP contribution in [0.15, 0.2) is 24.3 Å². The van der Waals surface area contributed by atoms with Crippen LogP contribution in [0.25, 0.3) is 0 Å². The molecule has 3 heteroatoms. The summed E-state index contributed by atoms with van der Waals surface area (Å²) in [6, 6.07) is 8.05. The van der Waals surface area contributed by atoms with Gasteiger partial charge in [-0.05, 0) is 44.6 Å². The van der Waals surface area contributed by atoms with Gasteiger partial charge >= 0.3 is 0 Å². The molecule has 1 aromatic carbocycles. The van der Waals surface area contributed by atoms with Crippen molar-refractivity contribution in [2.75, 3.05) is 21.2 Å². The quantitative estimate of drug-likeness (QED) is 0.843. The van der Waals surface area contributed by atoms with Gasteiger partial charge in [0.05, 0.1) is 7.11 Å². The summed E-state index contributed by atoms with van der Waals surface area (Å²) in [5.41, 5.74) is 7.65. The molecule has 0 aliphatic rings. The molecular weight excluding hydrogens is 224 g/mol. The molecule has 2 N–H and O–H groups in total. The van der Waals surface area contributed by atoms with Crippen LogP contribution in [0.2, 0.25) is 0 Å². The third-order valence-corrected chi connectivity index (χ3v) is 4.15. The van der Waals surface area contributed by atoms with E-state index in [2.05, 4.69) is 38.9 Å². The van der Waals surface area contributed by atoms with E-state index in [4.69, 9.17) is 10.5 Å². The van der Waals surface area contributed by atoms with Crippen LogP contribution in [0.3, 0.4) is 0 Å². The van der Waals surface area contributed by atoms with Crippen LogP contribution in [-0.4, -0.2) is 31.6 Å². The van der Waals surface area contributed by atoms with Crippen LogP contribution in [0.4, 0.5) is 0 Å². The zero-order chi connectivity index (χ0) is 13.8. The van der Waals surface area contributed by atoms with Crippen molar-refractivity contribution in [2.45, 2.75) is 38.3 Å². The number of hydrogen-bond donors (Lipinski definition) is 1. The molecule has 0 saturated heterocycles. The Bertz CT molecular complexity index is 373. The van der Waals surface area contributed by atoms with Gasteiger partial charge in [-0.1, -0.05) is 26.0 Å². The first kappa shape index (κ1) is 15.0. The molecule has 0 saturated carbocycles. The highest BCUT2D eigenvalue weighted by molar-refractivity contribution is 5.32. The maximum Gasteiger partial charge on any atom is 0.119 e. The fraction of sp³-hybridized carbons (Fsp3) is 0.600. The second-order valence-corrected chi connectivity index (χ2v) is 4.96. The Morgan fingerprint density at radius 3 is 2.33 bits per heavy atom. The Morgan fingerprint density at radius 1 is 1.28 bits per heavy atom. The highest BCUT2D eigenvalue weighted by Crippen LogP contribution is 2.35.